The predicted molar refractivity (Wildman–Crippen MR) is 107 cm³/mol. The van der Waals surface area contributed by atoms with Crippen LogP contribution in [0.3, 0.4) is 0 Å². The van der Waals surface area contributed by atoms with Crippen molar-refractivity contribution in [3.8, 4) is 5.75 Å². The summed E-state index contributed by atoms with van der Waals surface area (Å²) in [4.78, 5) is 34.2. The number of esters is 1. The van der Waals surface area contributed by atoms with Crippen molar-refractivity contribution in [2.45, 2.75) is 32.3 Å². The Morgan fingerprint density at radius 2 is 1.76 bits per heavy atom. The molecule has 0 fully saturated rings. The molecular weight excluding hydrogens is 376 g/mol. The lowest BCUT2D eigenvalue weighted by molar-refractivity contribution is -0.384. The predicted octanol–water partition coefficient (Wildman–Crippen LogP) is 3.22. The minimum absolute atomic E-state index is 0.0777. The molecule has 0 aliphatic rings. The molecule has 0 aliphatic heterocycles. The number of nitrogens with one attached hydrogen (secondary N) is 1. The first kappa shape index (κ1) is 21.9. The minimum Gasteiger partial charge on any atom is -0.482 e. The van der Waals surface area contributed by atoms with E-state index < -0.39 is 23.6 Å². The summed E-state index contributed by atoms with van der Waals surface area (Å²) in [5.74, 6) is -0.629. The quantitative estimate of drug-likeness (QED) is 0.373. The van der Waals surface area contributed by atoms with E-state index in [1.807, 2.05) is 37.3 Å². The maximum Gasteiger partial charge on any atom is 0.344 e. The molecule has 0 aromatic heterocycles. The average Bonchev–Trinajstić information content (AvgIpc) is 2.73. The van der Waals surface area contributed by atoms with Gasteiger partial charge in [0.05, 0.1) is 4.92 Å². The summed E-state index contributed by atoms with van der Waals surface area (Å²) in [6.45, 7) is 3.57. The highest BCUT2D eigenvalue weighted by atomic mass is 16.6. The summed E-state index contributed by atoms with van der Waals surface area (Å²) in [5, 5.41) is 13.4. The molecule has 0 radical (unpaired) electrons. The van der Waals surface area contributed by atoms with Gasteiger partial charge in [0, 0.05) is 24.6 Å². The lowest BCUT2D eigenvalue weighted by Gasteiger charge is -2.18. The summed E-state index contributed by atoms with van der Waals surface area (Å²) >= 11 is 0. The normalized spacial score (nSPS) is 12.5. The molecular formula is C21H24N2O6. The highest BCUT2D eigenvalue weighted by molar-refractivity contribution is 5.83. The van der Waals surface area contributed by atoms with Crippen LogP contribution in [0.2, 0.25) is 0 Å². The Kier molecular flexibility index (Phi) is 8.14. The molecule has 8 nitrogen and oxygen atoms in total. The van der Waals surface area contributed by atoms with E-state index in [-0.39, 0.29) is 17.5 Å². The highest BCUT2D eigenvalue weighted by Gasteiger charge is 2.19. The van der Waals surface area contributed by atoms with Crippen molar-refractivity contribution in [1.82, 2.24) is 5.32 Å². The maximum absolute atomic E-state index is 12.2. The van der Waals surface area contributed by atoms with Gasteiger partial charge in [-0.25, -0.2) is 4.79 Å². The van der Waals surface area contributed by atoms with Crippen LogP contribution in [-0.2, 0) is 14.3 Å². The Balaban J connectivity index is 1.76. The largest absolute Gasteiger partial charge is 0.482 e. The van der Waals surface area contributed by atoms with E-state index in [1.54, 1.807) is 0 Å². The van der Waals surface area contributed by atoms with Crippen LogP contribution < -0.4 is 10.1 Å². The third-order valence-corrected chi connectivity index (χ3v) is 4.37. The lowest BCUT2D eigenvalue weighted by atomic mass is 9.96. The van der Waals surface area contributed by atoms with Crippen molar-refractivity contribution in [1.29, 1.82) is 0 Å². The van der Waals surface area contributed by atoms with Gasteiger partial charge in [-0.2, -0.15) is 0 Å². The van der Waals surface area contributed by atoms with Gasteiger partial charge in [-0.1, -0.05) is 37.3 Å². The third-order valence-electron chi connectivity index (χ3n) is 4.37. The van der Waals surface area contributed by atoms with Crippen LogP contribution in [0.5, 0.6) is 5.75 Å². The van der Waals surface area contributed by atoms with Crippen LogP contribution in [0.1, 0.15) is 31.7 Å². The number of nitrogens with zero attached hydrogens (tertiary/aromatic N) is 1. The number of hydrogen-bond acceptors (Lipinski definition) is 6. The summed E-state index contributed by atoms with van der Waals surface area (Å²) in [6.07, 6.45) is -0.0992. The molecule has 8 heteroatoms. The van der Waals surface area contributed by atoms with Gasteiger partial charge >= 0.3 is 5.97 Å². The number of carbonyl (C=O) groups is 2. The molecule has 2 aromatic rings. The number of carbonyl (C=O) groups excluding carboxylic acids is 2. The number of rotatable bonds is 10. The van der Waals surface area contributed by atoms with Crippen molar-refractivity contribution in [3.63, 3.8) is 0 Å². The van der Waals surface area contributed by atoms with Crippen molar-refractivity contribution in [3.05, 3.63) is 70.3 Å². The van der Waals surface area contributed by atoms with Gasteiger partial charge in [0.15, 0.2) is 12.7 Å². The summed E-state index contributed by atoms with van der Waals surface area (Å²) in [7, 11) is 0. The Morgan fingerprint density at radius 3 is 2.34 bits per heavy atom. The average molecular weight is 400 g/mol. The fourth-order valence-electron chi connectivity index (χ4n) is 2.68. The number of hydrogen-bond donors (Lipinski definition) is 1. The topological polar surface area (TPSA) is 108 Å². The number of nitro groups is 1. The molecule has 0 bridgehead atoms. The zero-order chi connectivity index (χ0) is 21.2. The van der Waals surface area contributed by atoms with E-state index >= 15 is 0 Å². The molecule has 0 aliphatic carbocycles. The second-order valence-electron chi connectivity index (χ2n) is 6.43. The van der Waals surface area contributed by atoms with Crippen LogP contribution in [-0.4, -0.2) is 36.1 Å². The Bertz CT molecular complexity index is 823. The molecule has 154 valence electrons. The van der Waals surface area contributed by atoms with Gasteiger partial charge in [0.25, 0.3) is 11.6 Å². The van der Waals surface area contributed by atoms with Crippen LogP contribution in [0.4, 0.5) is 5.69 Å². The van der Waals surface area contributed by atoms with E-state index in [4.69, 9.17) is 9.47 Å². The molecule has 1 N–H and O–H groups in total. The van der Waals surface area contributed by atoms with E-state index in [0.717, 1.165) is 12.0 Å². The zero-order valence-corrected chi connectivity index (χ0v) is 16.4. The zero-order valence-electron chi connectivity index (χ0n) is 16.4. The van der Waals surface area contributed by atoms with E-state index in [1.165, 1.54) is 31.2 Å². The molecule has 1 amide bonds. The molecule has 0 unspecified atom stereocenters. The Labute approximate surface area is 169 Å². The van der Waals surface area contributed by atoms with Crippen molar-refractivity contribution in [2.75, 3.05) is 13.2 Å². The first-order valence-electron chi connectivity index (χ1n) is 9.30. The number of nitro benzene ring substituents is 1. The molecule has 0 heterocycles. The molecule has 29 heavy (non-hydrogen) atoms. The van der Waals surface area contributed by atoms with Crippen molar-refractivity contribution < 1.29 is 24.0 Å². The number of amides is 1. The van der Waals surface area contributed by atoms with Gasteiger partial charge in [0.2, 0.25) is 0 Å². The highest BCUT2D eigenvalue weighted by Crippen LogP contribution is 2.18. The van der Waals surface area contributed by atoms with Gasteiger partial charge < -0.3 is 14.8 Å². The third kappa shape index (κ3) is 6.91. The second kappa shape index (κ2) is 10.8. The number of ether oxygens (including phenoxy) is 2. The van der Waals surface area contributed by atoms with E-state index in [9.17, 15) is 19.7 Å². The molecule has 0 saturated heterocycles. The molecule has 2 aromatic carbocycles. The van der Waals surface area contributed by atoms with Crippen molar-refractivity contribution in [2.24, 2.45) is 0 Å². The van der Waals surface area contributed by atoms with Gasteiger partial charge in [-0.3, -0.25) is 14.9 Å². The molecule has 2 atom stereocenters. The summed E-state index contributed by atoms with van der Waals surface area (Å²) in [5.41, 5.74) is 1.06. The molecule has 2 rings (SSSR count). The Hall–Kier alpha value is -3.42. The number of non-ortho nitro benzene ring substituents is 1. The number of benzene rings is 2. The SMILES string of the molecule is CC[C@H](CNC(=O)[C@@H](C)OC(=O)COc1ccc([N+](=O)[O-])cc1)c1ccccc1. The fraction of sp³-hybridized carbons (Fsp3) is 0.333. The van der Waals surface area contributed by atoms with Crippen LogP contribution in [0, 0.1) is 10.1 Å². The second-order valence-corrected chi connectivity index (χ2v) is 6.43. The lowest BCUT2D eigenvalue weighted by Crippen LogP contribution is -2.38. The monoisotopic (exact) mass is 400 g/mol. The smallest absolute Gasteiger partial charge is 0.344 e. The van der Waals surface area contributed by atoms with Gasteiger partial charge in [0.1, 0.15) is 5.75 Å². The molecule has 0 saturated carbocycles. The minimum atomic E-state index is -0.962. The fourth-order valence-corrected chi connectivity index (χ4v) is 2.68. The molecule has 0 spiro atoms. The Morgan fingerprint density at radius 1 is 1.10 bits per heavy atom. The van der Waals surface area contributed by atoms with Gasteiger partial charge in [-0.15, -0.1) is 0 Å². The maximum atomic E-state index is 12.2. The standard InChI is InChI=1S/C21H24N2O6/c1-3-16(17-7-5-4-6-8-17)13-22-21(25)15(2)29-20(24)14-28-19-11-9-18(10-12-19)23(26)27/h4-12,15-16H,3,13-14H2,1-2H3,(H,22,25)/t15-,16-/m1/s1. The van der Waals surface area contributed by atoms with Crippen LogP contribution in [0.15, 0.2) is 54.6 Å². The first-order valence-corrected chi connectivity index (χ1v) is 9.30. The van der Waals surface area contributed by atoms with E-state index in [2.05, 4.69) is 5.32 Å². The van der Waals surface area contributed by atoms with Crippen LogP contribution >= 0.6 is 0 Å². The first-order chi connectivity index (χ1) is 13.9. The van der Waals surface area contributed by atoms with E-state index in [0.29, 0.717) is 12.3 Å². The summed E-state index contributed by atoms with van der Waals surface area (Å²) in [6, 6.07) is 15.2. The van der Waals surface area contributed by atoms with Crippen molar-refractivity contribution >= 4 is 17.6 Å². The summed E-state index contributed by atoms with van der Waals surface area (Å²) < 4.78 is 10.3. The van der Waals surface area contributed by atoms with Gasteiger partial charge in [-0.05, 0) is 31.0 Å². The van der Waals surface area contributed by atoms with Crippen LogP contribution in [0.25, 0.3) is 0 Å².